The van der Waals surface area contributed by atoms with E-state index in [-0.39, 0.29) is 11.6 Å². The van der Waals surface area contributed by atoms with Crippen molar-refractivity contribution in [1.82, 2.24) is 19.3 Å². The molecule has 0 saturated carbocycles. The molecule has 1 aliphatic rings. The van der Waals surface area contributed by atoms with E-state index in [0.29, 0.717) is 6.54 Å². The number of hydrogen-bond donors (Lipinski definition) is 0. The van der Waals surface area contributed by atoms with Crippen LogP contribution in [0, 0.1) is 13.8 Å². The summed E-state index contributed by atoms with van der Waals surface area (Å²) in [5.74, 6) is 0. The van der Waals surface area contributed by atoms with E-state index in [9.17, 15) is 4.79 Å². The minimum Gasteiger partial charge on any atom is -0.294 e. The van der Waals surface area contributed by atoms with E-state index in [0.717, 1.165) is 34.4 Å². The van der Waals surface area contributed by atoms with E-state index < -0.39 is 0 Å². The molecule has 0 spiro atoms. The third-order valence-electron chi connectivity index (χ3n) is 5.17. The fourth-order valence-corrected chi connectivity index (χ4v) is 5.07. The van der Waals surface area contributed by atoms with Gasteiger partial charge < -0.3 is 0 Å². The van der Waals surface area contributed by atoms with Gasteiger partial charge in [-0.05, 0) is 58.1 Å². The first kappa shape index (κ1) is 16.5. The van der Waals surface area contributed by atoms with E-state index >= 15 is 0 Å². The second kappa shape index (κ2) is 6.41. The number of aromatic nitrogens is 4. The van der Waals surface area contributed by atoms with Crippen molar-refractivity contribution in [3.8, 4) is 0 Å². The molecule has 0 fully saturated rings. The maximum absolute atomic E-state index is 13.2. The Balaban J connectivity index is 1.75. The van der Waals surface area contributed by atoms with E-state index in [1.807, 2.05) is 11.6 Å². The molecule has 0 saturated heterocycles. The topological polar surface area (TPSA) is 52.7 Å². The fraction of sp³-hybridized carbons (Fsp3) is 0.526. The summed E-state index contributed by atoms with van der Waals surface area (Å²) in [7, 11) is 0. The van der Waals surface area contributed by atoms with Crippen molar-refractivity contribution in [2.24, 2.45) is 0 Å². The van der Waals surface area contributed by atoms with E-state index in [4.69, 9.17) is 0 Å². The Kier molecular flexibility index (Phi) is 4.23. The summed E-state index contributed by atoms with van der Waals surface area (Å²) in [4.78, 5) is 20.1. The first-order valence-electron chi connectivity index (χ1n) is 9.07. The first-order valence-corrected chi connectivity index (χ1v) is 9.88. The molecule has 3 aromatic rings. The SMILES string of the molecule is Cc1cc(C)n(C[C@@H](C)n2cnc3sc4c(c3c2=O)CCCCC4)n1. The fourth-order valence-electron chi connectivity index (χ4n) is 3.85. The average Bonchev–Trinajstić information content (AvgIpc) is 2.98. The van der Waals surface area contributed by atoms with Gasteiger partial charge in [0.05, 0.1) is 30.0 Å². The van der Waals surface area contributed by atoms with Gasteiger partial charge in [-0.25, -0.2) is 4.98 Å². The minimum absolute atomic E-state index is 0.0173. The molecule has 5 nitrogen and oxygen atoms in total. The van der Waals surface area contributed by atoms with Crippen LogP contribution in [0.15, 0.2) is 17.2 Å². The molecule has 0 N–H and O–H groups in total. The summed E-state index contributed by atoms with van der Waals surface area (Å²) in [6.07, 6.45) is 7.48. The summed E-state index contributed by atoms with van der Waals surface area (Å²) >= 11 is 1.72. The van der Waals surface area contributed by atoms with Crippen molar-refractivity contribution >= 4 is 21.6 Å². The van der Waals surface area contributed by atoms with Gasteiger partial charge in [0.25, 0.3) is 5.56 Å². The summed E-state index contributed by atoms with van der Waals surface area (Å²) in [5, 5.41) is 5.39. The normalized spacial score (nSPS) is 16.0. The van der Waals surface area contributed by atoms with Gasteiger partial charge in [0.2, 0.25) is 0 Å². The lowest BCUT2D eigenvalue weighted by Crippen LogP contribution is -2.27. The molecule has 0 unspecified atom stereocenters. The molecule has 0 aliphatic heterocycles. The third-order valence-corrected chi connectivity index (χ3v) is 6.37. The first-order chi connectivity index (χ1) is 12.0. The highest BCUT2D eigenvalue weighted by atomic mass is 32.1. The van der Waals surface area contributed by atoms with Crippen molar-refractivity contribution < 1.29 is 0 Å². The third kappa shape index (κ3) is 2.92. The van der Waals surface area contributed by atoms with Crippen LogP contribution in [0.2, 0.25) is 0 Å². The number of thiophene rings is 1. The second-order valence-electron chi connectivity index (χ2n) is 7.16. The largest absolute Gasteiger partial charge is 0.294 e. The standard InChI is InChI=1S/C19H24N4OS/c1-12-9-13(2)23(21-12)10-14(3)22-11-20-18-17(19(22)24)15-7-5-4-6-8-16(15)25-18/h9,11,14H,4-8,10H2,1-3H3/t14-/m1/s1. The molecular formula is C19H24N4OS. The smallest absolute Gasteiger partial charge is 0.262 e. The van der Waals surface area contributed by atoms with Crippen LogP contribution in [0.5, 0.6) is 0 Å². The monoisotopic (exact) mass is 356 g/mol. The molecule has 3 heterocycles. The van der Waals surface area contributed by atoms with Crippen molar-refractivity contribution in [3.05, 3.63) is 44.6 Å². The Morgan fingerprint density at radius 3 is 2.80 bits per heavy atom. The molecule has 1 aliphatic carbocycles. The number of aryl methyl sites for hydroxylation is 4. The van der Waals surface area contributed by atoms with Crippen LogP contribution >= 0.6 is 11.3 Å². The molecule has 0 bridgehead atoms. The van der Waals surface area contributed by atoms with Crippen LogP contribution in [0.25, 0.3) is 10.2 Å². The Morgan fingerprint density at radius 2 is 2.04 bits per heavy atom. The van der Waals surface area contributed by atoms with E-state index in [2.05, 4.69) is 30.0 Å². The predicted molar refractivity (Wildman–Crippen MR) is 102 cm³/mol. The number of rotatable bonds is 3. The van der Waals surface area contributed by atoms with Gasteiger partial charge in [0.15, 0.2) is 0 Å². The molecule has 0 aromatic carbocycles. The highest BCUT2D eigenvalue weighted by molar-refractivity contribution is 7.18. The van der Waals surface area contributed by atoms with Crippen molar-refractivity contribution in [1.29, 1.82) is 0 Å². The van der Waals surface area contributed by atoms with Crippen LogP contribution in [-0.2, 0) is 19.4 Å². The van der Waals surface area contributed by atoms with Gasteiger partial charge in [-0.15, -0.1) is 11.3 Å². The summed E-state index contributed by atoms with van der Waals surface area (Å²) in [6, 6.07) is 2.08. The van der Waals surface area contributed by atoms with Crippen molar-refractivity contribution in [2.75, 3.05) is 0 Å². The van der Waals surface area contributed by atoms with Gasteiger partial charge in [-0.1, -0.05) is 6.42 Å². The summed E-state index contributed by atoms with van der Waals surface area (Å²) in [6.45, 7) is 6.79. The average molecular weight is 356 g/mol. The van der Waals surface area contributed by atoms with Crippen molar-refractivity contribution in [3.63, 3.8) is 0 Å². The van der Waals surface area contributed by atoms with Crippen LogP contribution < -0.4 is 5.56 Å². The number of fused-ring (bicyclic) bond motifs is 3. The maximum atomic E-state index is 13.2. The Morgan fingerprint density at radius 1 is 1.24 bits per heavy atom. The van der Waals surface area contributed by atoms with Gasteiger partial charge >= 0.3 is 0 Å². The molecule has 3 aromatic heterocycles. The minimum atomic E-state index is 0.0173. The molecule has 0 radical (unpaired) electrons. The molecule has 132 valence electrons. The molecular weight excluding hydrogens is 332 g/mol. The number of nitrogens with zero attached hydrogens (tertiary/aromatic N) is 4. The van der Waals surface area contributed by atoms with Gasteiger partial charge in [0.1, 0.15) is 4.83 Å². The lowest BCUT2D eigenvalue weighted by Gasteiger charge is -2.16. The quantitative estimate of drug-likeness (QED) is 0.671. The lowest BCUT2D eigenvalue weighted by atomic mass is 10.1. The van der Waals surface area contributed by atoms with E-state index in [1.165, 1.54) is 29.7 Å². The van der Waals surface area contributed by atoms with Crippen LogP contribution in [-0.4, -0.2) is 19.3 Å². The summed E-state index contributed by atoms with van der Waals surface area (Å²) < 4.78 is 3.77. The zero-order valence-electron chi connectivity index (χ0n) is 15.1. The highest BCUT2D eigenvalue weighted by Crippen LogP contribution is 2.32. The molecule has 25 heavy (non-hydrogen) atoms. The second-order valence-corrected chi connectivity index (χ2v) is 8.24. The van der Waals surface area contributed by atoms with Gasteiger partial charge in [0, 0.05) is 10.6 Å². The molecule has 1 atom stereocenters. The van der Waals surface area contributed by atoms with Gasteiger partial charge in [-0.3, -0.25) is 14.0 Å². The molecule has 4 rings (SSSR count). The Labute approximate surface area is 151 Å². The maximum Gasteiger partial charge on any atom is 0.262 e. The Hall–Kier alpha value is -1.95. The zero-order valence-corrected chi connectivity index (χ0v) is 15.9. The Bertz CT molecular complexity index is 981. The lowest BCUT2D eigenvalue weighted by molar-refractivity contribution is 0.419. The van der Waals surface area contributed by atoms with Gasteiger partial charge in [-0.2, -0.15) is 5.10 Å². The van der Waals surface area contributed by atoms with Crippen LogP contribution in [0.4, 0.5) is 0 Å². The van der Waals surface area contributed by atoms with Crippen LogP contribution in [0.3, 0.4) is 0 Å². The van der Waals surface area contributed by atoms with Crippen LogP contribution in [0.1, 0.15) is 54.1 Å². The summed E-state index contributed by atoms with van der Waals surface area (Å²) in [5.41, 5.74) is 3.51. The zero-order chi connectivity index (χ0) is 17.6. The molecule has 0 amide bonds. The number of hydrogen-bond acceptors (Lipinski definition) is 4. The predicted octanol–water partition coefficient (Wildman–Crippen LogP) is 3.80. The van der Waals surface area contributed by atoms with E-state index in [1.54, 1.807) is 22.2 Å². The van der Waals surface area contributed by atoms with Crippen molar-refractivity contribution in [2.45, 2.75) is 65.5 Å². The molecule has 6 heteroatoms. The highest BCUT2D eigenvalue weighted by Gasteiger charge is 2.20.